The molecular formula is C17H16BrN3O3S2. The number of halogens is 1. The van der Waals surface area contributed by atoms with Crippen LogP contribution < -0.4 is 5.56 Å². The molecule has 0 fully saturated rings. The van der Waals surface area contributed by atoms with Gasteiger partial charge in [0.15, 0.2) is 0 Å². The fourth-order valence-electron chi connectivity index (χ4n) is 3.15. The molecule has 136 valence electrons. The van der Waals surface area contributed by atoms with Gasteiger partial charge >= 0.3 is 0 Å². The van der Waals surface area contributed by atoms with Crippen molar-refractivity contribution < 1.29 is 8.42 Å². The van der Waals surface area contributed by atoms with E-state index in [9.17, 15) is 13.2 Å². The molecule has 1 aliphatic heterocycles. The number of hydrogen-bond acceptors (Lipinski definition) is 6. The second-order valence-electron chi connectivity index (χ2n) is 6.36. The zero-order valence-electron chi connectivity index (χ0n) is 14.0. The van der Waals surface area contributed by atoms with E-state index in [1.54, 1.807) is 11.3 Å². The first kappa shape index (κ1) is 17.8. The molecule has 0 saturated heterocycles. The van der Waals surface area contributed by atoms with Crippen molar-refractivity contribution in [2.45, 2.75) is 24.7 Å². The van der Waals surface area contributed by atoms with E-state index >= 15 is 0 Å². The SMILES string of the molecule is CS(=O)(=O)c1nc2c(c(=O)[nH]1)CCN(Cc1sc3ccccc3c1Br)C2. The third-order valence-corrected chi connectivity index (χ3v) is 7.67. The highest BCUT2D eigenvalue weighted by atomic mass is 79.9. The van der Waals surface area contributed by atoms with Gasteiger partial charge in [0.25, 0.3) is 5.56 Å². The molecule has 9 heteroatoms. The van der Waals surface area contributed by atoms with Crippen LogP contribution in [0.2, 0.25) is 0 Å². The van der Waals surface area contributed by atoms with Crippen LogP contribution in [0.4, 0.5) is 0 Å². The van der Waals surface area contributed by atoms with Gasteiger partial charge in [0, 0.05) is 50.9 Å². The predicted octanol–water partition coefficient (Wildman–Crippen LogP) is 2.71. The maximum atomic E-state index is 12.2. The van der Waals surface area contributed by atoms with Gasteiger partial charge in [-0.05, 0) is 28.4 Å². The van der Waals surface area contributed by atoms with E-state index in [1.807, 2.05) is 12.1 Å². The second kappa shape index (κ2) is 6.56. The number of nitrogens with one attached hydrogen (secondary N) is 1. The van der Waals surface area contributed by atoms with Crippen molar-refractivity contribution >= 4 is 47.2 Å². The van der Waals surface area contributed by atoms with Crippen LogP contribution in [-0.4, -0.2) is 36.1 Å². The zero-order chi connectivity index (χ0) is 18.5. The Morgan fingerprint density at radius 1 is 1.35 bits per heavy atom. The number of rotatable bonds is 3. The summed E-state index contributed by atoms with van der Waals surface area (Å²) in [4.78, 5) is 22.2. The lowest BCUT2D eigenvalue weighted by Gasteiger charge is -2.27. The topological polar surface area (TPSA) is 83.1 Å². The molecule has 0 saturated carbocycles. The molecule has 0 aliphatic carbocycles. The Bertz CT molecular complexity index is 1170. The van der Waals surface area contributed by atoms with Crippen LogP contribution in [0.3, 0.4) is 0 Å². The predicted molar refractivity (Wildman–Crippen MR) is 105 cm³/mol. The van der Waals surface area contributed by atoms with Gasteiger partial charge in [-0.1, -0.05) is 18.2 Å². The molecule has 0 bridgehead atoms. The van der Waals surface area contributed by atoms with E-state index in [0.717, 1.165) is 23.8 Å². The summed E-state index contributed by atoms with van der Waals surface area (Å²) >= 11 is 5.43. The molecule has 3 heterocycles. The number of aromatic amines is 1. The third kappa shape index (κ3) is 3.24. The number of benzene rings is 1. The van der Waals surface area contributed by atoms with Crippen LogP contribution in [-0.2, 0) is 29.3 Å². The first-order valence-corrected chi connectivity index (χ1v) is 11.5. The van der Waals surface area contributed by atoms with Crippen LogP contribution in [0.15, 0.2) is 38.7 Å². The van der Waals surface area contributed by atoms with E-state index in [0.29, 0.717) is 24.2 Å². The first-order valence-electron chi connectivity index (χ1n) is 8.03. The van der Waals surface area contributed by atoms with E-state index in [2.05, 4.69) is 42.9 Å². The summed E-state index contributed by atoms with van der Waals surface area (Å²) in [5.41, 5.74) is 0.792. The lowest BCUT2D eigenvalue weighted by molar-refractivity contribution is 0.241. The standard InChI is InChI=1S/C17H16BrN3O3S2/c1-26(23,24)17-19-12-8-21(7-6-10(12)16(22)20-17)9-14-15(18)11-4-2-3-5-13(11)25-14/h2-5H,6-9H2,1H3,(H,19,20,22). The summed E-state index contributed by atoms with van der Waals surface area (Å²) in [7, 11) is -3.55. The number of sulfone groups is 1. The van der Waals surface area contributed by atoms with Crippen LogP contribution >= 0.6 is 27.3 Å². The molecule has 1 aromatic carbocycles. The largest absolute Gasteiger partial charge is 0.297 e. The molecule has 0 unspecified atom stereocenters. The average Bonchev–Trinajstić information content (AvgIpc) is 2.90. The molecule has 0 atom stereocenters. The number of aromatic nitrogens is 2. The molecule has 3 aromatic rings. The summed E-state index contributed by atoms with van der Waals surface area (Å²) in [6, 6.07) is 8.22. The molecule has 6 nitrogen and oxygen atoms in total. The van der Waals surface area contributed by atoms with Crippen LogP contribution in [0.1, 0.15) is 16.1 Å². The van der Waals surface area contributed by atoms with Gasteiger partial charge in [-0.3, -0.25) is 14.7 Å². The number of H-pyrrole nitrogens is 1. The van der Waals surface area contributed by atoms with Crippen molar-refractivity contribution in [3.05, 3.63) is 55.2 Å². The van der Waals surface area contributed by atoms with Gasteiger partial charge in [0.2, 0.25) is 15.0 Å². The number of fused-ring (bicyclic) bond motifs is 2. The Morgan fingerprint density at radius 3 is 2.85 bits per heavy atom. The molecule has 26 heavy (non-hydrogen) atoms. The Labute approximate surface area is 162 Å². The van der Waals surface area contributed by atoms with E-state index in [-0.39, 0.29) is 10.7 Å². The van der Waals surface area contributed by atoms with E-state index < -0.39 is 9.84 Å². The molecule has 2 aromatic heterocycles. The van der Waals surface area contributed by atoms with Crippen molar-refractivity contribution in [2.24, 2.45) is 0 Å². The van der Waals surface area contributed by atoms with Crippen LogP contribution in [0.5, 0.6) is 0 Å². The Kier molecular flexibility index (Phi) is 4.50. The van der Waals surface area contributed by atoms with Crippen LogP contribution in [0, 0.1) is 0 Å². The molecule has 4 rings (SSSR count). The van der Waals surface area contributed by atoms with Crippen molar-refractivity contribution in [3.8, 4) is 0 Å². The molecule has 1 N–H and O–H groups in total. The van der Waals surface area contributed by atoms with Crippen molar-refractivity contribution in [1.29, 1.82) is 0 Å². The number of nitrogens with zero attached hydrogens (tertiary/aromatic N) is 2. The maximum Gasteiger partial charge on any atom is 0.255 e. The van der Waals surface area contributed by atoms with Crippen molar-refractivity contribution in [1.82, 2.24) is 14.9 Å². The highest BCUT2D eigenvalue weighted by Crippen LogP contribution is 2.36. The Morgan fingerprint density at radius 2 is 2.12 bits per heavy atom. The minimum atomic E-state index is -3.55. The van der Waals surface area contributed by atoms with Gasteiger partial charge in [-0.15, -0.1) is 11.3 Å². The van der Waals surface area contributed by atoms with Gasteiger partial charge in [0.1, 0.15) is 0 Å². The van der Waals surface area contributed by atoms with E-state index in [4.69, 9.17) is 0 Å². The number of hydrogen-bond donors (Lipinski definition) is 1. The quantitative estimate of drug-likeness (QED) is 0.616. The summed E-state index contributed by atoms with van der Waals surface area (Å²) in [5.74, 6) is 0. The molecule has 1 aliphatic rings. The lowest BCUT2D eigenvalue weighted by atomic mass is 10.1. The maximum absolute atomic E-state index is 12.2. The fraction of sp³-hybridized carbons (Fsp3) is 0.294. The average molecular weight is 454 g/mol. The third-order valence-electron chi connectivity index (χ3n) is 4.45. The molecule has 0 amide bonds. The normalized spacial score (nSPS) is 15.3. The zero-order valence-corrected chi connectivity index (χ0v) is 17.2. The van der Waals surface area contributed by atoms with Gasteiger partial charge in [0.05, 0.1) is 5.69 Å². The number of thiophene rings is 1. The summed E-state index contributed by atoms with van der Waals surface area (Å²) in [6.45, 7) is 1.92. The van der Waals surface area contributed by atoms with Gasteiger partial charge in [-0.25, -0.2) is 13.4 Å². The Balaban J connectivity index is 1.65. The van der Waals surface area contributed by atoms with Crippen LogP contribution in [0.25, 0.3) is 10.1 Å². The second-order valence-corrected chi connectivity index (χ2v) is 10.2. The van der Waals surface area contributed by atoms with Gasteiger partial charge < -0.3 is 0 Å². The molecular weight excluding hydrogens is 438 g/mol. The minimum Gasteiger partial charge on any atom is -0.297 e. The summed E-state index contributed by atoms with van der Waals surface area (Å²) in [6.07, 6.45) is 1.61. The monoisotopic (exact) mass is 453 g/mol. The smallest absolute Gasteiger partial charge is 0.255 e. The molecule has 0 spiro atoms. The highest BCUT2D eigenvalue weighted by molar-refractivity contribution is 9.10. The van der Waals surface area contributed by atoms with E-state index in [1.165, 1.54) is 15.0 Å². The summed E-state index contributed by atoms with van der Waals surface area (Å²) in [5, 5.41) is 0.935. The first-order chi connectivity index (χ1) is 12.3. The fourth-order valence-corrected chi connectivity index (χ4v) is 5.69. The lowest BCUT2D eigenvalue weighted by Crippen LogP contribution is -2.35. The van der Waals surface area contributed by atoms with Crippen molar-refractivity contribution in [2.75, 3.05) is 12.8 Å². The van der Waals surface area contributed by atoms with Crippen molar-refractivity contribution in [3.63, 3.8) is 0 Å². The summed E-state index contributed by atoms with van der Waals surface area (Å²) < 4.78 is 25.8. The Hall–Kier alpha value is -1.55. The molecule has 0 radical (unpaired) electrons. The van der Waals surface area contributed by atoms with Gasteiger partial charge in [-0.2, -0.15) is 0 Å². The minimum absolute atomic E-state index is 0.258. The highest BCUT2D eigenvalue weighted by Gasteiger charge is 2.24.